The second kappa shape index (κ2) is 7.06. The van der Waals surface area contributed by atoms with E-state index in [2.05, 4.69) is 0 Å². The monoisotopic (exact) mass is 175 g/mol. The molecule has 0 amide bonds. The van der Waals surface area contributed by atoms with Crippen LogP contribution in [0.15, 0.2) is 0 Å². The Bertz CT molecular complexity index is 127. The molecule has 0 saturated carbocycles. The van der Waals surface area contributed by atoms with Crippen LogP contribution in [0.1, 0.15) is 20.3 Å². The van der Waals surface area contributed by atoms with Crippen LogP contribution >= 0.6 is 0 Å². The SMILES string of the molecule is CCOCCOC(=O)[C@H](N)CC. The summed E-state index contributed by atoms with van der Waals surface area (Å²) in [4.78, 5) is 10.9. The van der Waals surface area contributed by atoms with Gasteiger partial charge in [0.15, 0.2) is 0 Å². The Hall–Kier alpha value is -0.610. The molecule has 0 bridgehead atoms. The average molecular weight is 175 g/mol. The van der Waals surface area contributed by atoms with Crippen LogP contribution in [0.3, 0.4) is 0 Å². The van der Waals surface area contributed by atoms with Gasteiger partial charge in [-0.05, 0) is 13.3 Å². The number of nitrogens with two attached hydrogens (primary N) is 1. The van der Waals surface area contributed by atoms with Gasteiger partial charge in [0.2, 0.25) is 0 Å². The van der Waals surface area contributed by atoms with Gasteiger partial charge in [-0.2, -0.15) is 0 Å². The van der Waals surface area contributed by atoms with Crippen molar-refractivity contribution < 1.29 is 14.3 Å². The highest BCUT2D eigenvalue weighted by atomic mass is 16.6. The van der Waals surface area contributed by atoms with Gasteiger partial charge < -0.3 is 15.2 Å². The molecule has 0 aliphatic carbocycles. The number of carbonyl (C=O) groups is 1. The van der Waals surface area contributed by atoms with Gasteiger partial charge >= 0.3 is 5.97 Å². The summed E-state index contributed by atoms with van der Waals surface area (Å²) >= 11 is 0. The van der Waals surface area contributed by atoms with E-state index < -0.39 is 6.04 Å². The standard InChI is InChI=1S/C8H17NO3/c1-3-7(9)8(10)12-6-5-11-4-2/h7H,3-6,9H2,1-2H3/t7-/m1/s1. The van der Waals surface area contributed by atoms with E-state index in [0.717, 1.165) is 0 Å². The summed E-state index contributed by atoms with van der Waals surface area (Å²) in [7, 11) is 0. The molecule has 72 valence electrons. The number of rotatable bonds is 6. The van der Waals surface area contributed by atoms with Crippen LogP contribution in [0.4, 0.5) is 0 Å². The molecular weight excluding hydrogens is 158 g/mol. The largest absolute Gasteiger partial charge is 0.462 e. The van der Waals surface area contributed by atoms with Crippen LogP contribution in [-0.4, -0.2) is 31.8 Å². The molecule has 0 saturated heterocycles. The van der Waals surface area contributed by atoms with Gasteiger partial charge in [0.25, 0.3) is 0 Å². The van der Waals surface area contributed by atoms with Crippen molar-refractivity contribution in [3.63, 3.8) is 0 Å². The number of hydrogen-bond acceptors (Lipinski definition) is 4. The average Bonchev–Trinajstić information content (AvgIpc) is 2.10. The Kier molecular flexibility index (Phi) is 6.70. The topological polar surface area (TPSA) is 61.5 Å². The van der Waals surface area contributed by atoms with Gasteiger partial charge in [0, 0.05) is 6.61 Å². The minimum absolute atomic E-state index is 0.292. The lowest BCUT2D eigenvalue weighted by molar-refractivity contribution is -0.146. The van der Waals surface area contributed by atoms with Crippen LogP contribution < -0.4 is 5.73 Å². The van der Waals surface area contributed by atoms with Crippen molar-refractivity contribution in [2.75, 3.05) is 19.8 Å². The third-order valence-electron chi connectivity index (χ3n) is 1.42. The molecule has 2 N–H and O–H groups in total. The molecule has 0 fully saturated rings. The zero-order valence-corrected chi connectivity index (χ0v) is 7.71. The summed E-state index contributed by atoms with van der Waals surface area (Å²) in [5, 5.41) is 0. The van der Waals surface area contributed by atoms with Crippen molar-refractivity contribution in [2.24, 2.45) is 5.73 Å². The maximum absolute atomic E-state index is 10.9. The molecule has 0 aromatic carbocycles. The van der Waals surface area contributed by atoms with Gasteiger partial charge in [-0.25, -0.2) is 0 Å². The first kappa shape index (κ1) is 11.4. The summed E-state index contributed by atoms with van der Waals surface area (Å²) in [6.07, 6.45) is 0.605. The Morgan fingerprint density at radius 3 is 2.58 bits per heavy atom. The fourth-order valence-electron chi connectivity index (χ4n) is 0.619. The smallest absolute Gasteiger partial charge is 0.322 e. The van der Waals surface area contributed by atoms with E-state index in [1.165, 1.54) is 0 Å². The summed E-state index contributed by atoms with van der Waals surface area (Å²) in [5.74, 6) is -0.350. The van der Waals surface area contributed by atoms with Crippen molar-refractivity contribution in [3.8, 4) is 0 Å². The molecular formula is C8H17NO3. The van der Waals surface area contributed by atoms with E-state index in [1.54, 1.807) is 0 Å². The van der Waals surface area contributed by atoms with E-state index in [1.807, 2.05) is 13.8 Å². The third-order valence-corrected chi connectivity index (χ3v) is 1.42. The maximum atomic E-state index is 10.9. The zero-order valence-electron chi connectivity index (χ0n) is 7.71. The first-order valence-electron chi connectivity index (χ1n) is 4.22. The number of esters is 1. The normalized spacial score (nSPS) is 12.6. The highest BCUT2D eigenvalue weighted by Crippen LogP contribution is 1.90. The van der Waals surface area contributed by atoms with Crippen molar-refractivity contribution in [3.05, 3.63) is 0 Å². The number of ether oxygens (including phenoxy) is 2. The summed E-state index contributed by atoms with van der Waals surface area (Å²) < 4.78 is 9.79. The lowest BCUT2D eigenvalue weighted by Crippen LogP contribution is -2.32. The minimum Gasteiger partial charge on any atom is -0.462 e. The predicted molar refractivity (Wildman–Crippen MR) is 45.7 cm³/mol. The van der Waals surface area contributed by atoms with E-state index in [0.29, 0.717) is 26.2 Å². The fourth-order valence-corrected chi connectivity index (χ4v) is 0.619. The Morgan fingerprint density at radius 1 is 1.42 bits per heavy atom. The number of hydrogen-bond donors (Lipinski definition) is 1. The van der Waals surface area contributed by atoms with Crippen molar-refractivity contribution in [1.29, 1.82) is 0 Å². The van der Waals surface area contributed by atoms with Gasteiger partial charge in [-0.1, -0.05) is 6.92 Å². The predicted octanol–water partition coefficient (Wildman–Crippen LogP) is 0.303. The maximum Gasteiger partial charge on any atom is 0.322 e. The highest BCUT2D eigenvalue weighted by molar-refractivity contribution is 5.75. The highest BCUT2D eigenvalue weighted by Gasteiger charge is 2.11. The van der Waals surface area contributed by atoms with Gasteiger partial charge in [-0.3, -0.25) is 4.79 Å². The lowest BCUT2D eigenvalue weighted by atomic mass is 10.2. The molecule has 0 heterocycles. The molecule has 4 heteroatoms. The fraction of sp³-hybridized carbons (Fsp3) is 0.875. The first-order chi connectivity index (χ1) is 5.72. The Labute approximate surface area is 73.0 Å². The number of carbonyl (C=O) groups excluding carboxylic acids is 1. The minimum atomic E-state index is -0.494. The quantitative estimate of drug-likeness (QED) is 0.466. The summed E-state index contributed by atoms with van der Waals surface area (Å²) in [6.45, 7) is 5.10. The van der Waals surface area contributed by atoms with E-state index in [-0.39, 0.29) is 5.97 Å². The van der Waals surface area contributed by atoms with Crippen LogP contribution in [0.25, 0.3) is 0 Å². The molecule has 4 nitrogen and oxygen atoms in total. The van der Waals surface area contributed by atoms with E-state index >= 15 is 0 Å². The summed E-state index contributed by atoms with van der Waals surface area (Å²) in [5.41, 5.74) is 5.42. The van der Waals surface area contributed by atoms with E-state index in [9.17, 15) is 4.79 Å². The van der Waals surface area contributed by atoms with Crippen molar-refractivity contribution in [1.82, 2.24) is 0 Å². The molecule has 0 aromatic rings. The van der Waals surface area contributed by atoms with Gasteiger partial charge in [0.1, 0.15) is 12.6 Å². The van der Waals surface area contributed by atoms with E-state index in [4.69, 9.17) is 15.2 Å². The molecule has 0 rings (SSSR count). The Balaban J connectivity index is 3.31. The second-order valence-corrected chi connectivity index (χ2v) is 2.38. The van der Waals surface area contributed by atoms with Crippen LogP contribution in [0.2, 0.25) is 0 Å². The molecule has 0 unspecified atom stereocenters. The molecule has 0 aliphatic rings. The zero-order chi connectivity index (χ0) is 9.40. The molecule has 0 aliphatic heterocycles. The molecule has 0 spiro atoms. The third kappa shape index (κ3) is 5.09. The molecule has 1 atom stereocenters. The van der Waals surface area contributed by atoms with Crippen LogP contribution in [0.5, 0.6) is 0 Å². The lowest BCUT2D eigenvalue weighted by Gasteiger charge is -2.08. The van der Waals surface area contributed by atoms with Gasteiger partial charge in [0.05, 0.1) is 6.61 Å². The van der Waals surface area contributed by atoms with Crippen molar-refractivity contribution >= 4 is 5.97 Å². The molecule has 0 aromatic heterocycles. The Morgan fingerprint density at radius 2 is 2.08 bits per heavy atom. The summed E-state index contributed by atoms with van der Waals surface area (Å²) in [6, 6.07) is -0.494. The second-order valence-electron chi connectivity index (χ2n) is 2.38. The van der Waals surface area contributed by atoms with Gasteiger partial charge in [-0.15, -0.1) is 0 Å². The van der Waals surface area contributed by atoms with Crippen LogP contribution in [0, 0.1) is 0 Å². The van der Waals surface area contributed by atoms with Crippen molar-refractivity contribution in [2.45, 2.75) is 26.3 Å². The van der Waals surface area contributed by atoms with Crippen LogP contribution in [-0.2, 0) is 14.3 Å². The first-order valence-corrected chi connectivity index (χ1v) is 4.22. The molecule has 12 heavy (non-hydrogen) atoms. The molecule has 0 radical (unpaired) electrons.